The van der Waals surface area contributed by atoms with Crippen LogP contribution in [-0.4, -0.2) is 95.2 Å². The molecule has 70 heavy (non-hydrogen) atoms. The van der Waals surface area contributed by atoms with Crippen molar-refractivity contribution in [2.24, 2.45) is 10.8 Å². The van der Waals surface area contributed by atoms with Crippen LogP contribution in [-0.2, 0) is 35.2 Å². The van der Waals surface area contributed by atoms with Gasteiger partial charge in [0.25, 0.3) is 23.6 Å². The lowest BCUT2D eigenvalue weighted by molar-refractivity contribution is -0.153. The van der Waals surface area contributed by atoms with Crippen molar-refractivity contribution in [3.63, 3.8) is 0 Å². The van der Waals surface area contributed by atoms with Gasteiger partial charge in [-0.1, -0.05) is 82.9 Å². The van der Waals surface area contributed by atoms with Crippen molar-refractivity contribution in [3.05, 3.63) is 94.0 Å². The zero-order chi connectivity index (χ0) is 50.2. The second-order valence-electron chi connectivity index (χ2n) is 20.6. The third kappa shape index (κ3) is 12.0. The number of hydrogen-bond donors (Lipinski definition) is 2. The molecular formula is C56H70N4O10. The van der Waals surface area contributed by atoms with Gasteiger partial charge in [-0.2, -0.15) is 0 Å². The predicted molar refractivity (Wildman–Crippen MR) is 263 cm³/mol. The summed E-state index contributed by atoms with van der Waals surface area (Å²) >= 11 is 0. The van der Waals surface area contributed by atoms with Crippen LogP contribution in [0.15, 0.2) is 60.7 Å². The number of fused-ring (bicyclic) bond motifs is 1. The highest BCUT2D eigenvalue weighted by Gasteiger charge is 2.59. The molecule has 3 aliphatic heterocycles. The molecule has 7 rings (SSSR count). The fourth-order valence-corrected chi connectivity index (χ4v) is 9.91. The summed E-state index contributed by atoms with van der Waals surface area (Å²) in [7, 11) is 0. The summed E-state index contributed by atoms with van der Waals surface area (Å²) in [4.78, 5) is 108. The van der Waals surface area contributed by atoms with E-state index in [0.29, 0.717) is 63.3 Å². The number of piperidine rings is 2. The Morgan fingerprint density at radius 3 is 2.34 bits per heavy atom. The van der Waals surface area contributed by atoms with E-state index in [1.165, 1.54) is 21.6 Å². The molecule has 3 fully saturated rings. The monoisotopic (exact) mass is 959 g/mol. The highest BCUT2D eigenvalue weighted by molar-refractivity contribution is 6.38. The maximum absolute atomic E-state index is 14.2. The molecule has 3 heterocycles. The number of likely N-dealkylation sites (tertiary alicyclic amines) is 1. The van der Waals surface area contributed by atoms with Crippen LogP contribution in [0.4, 0.5) is 0 Å². The van der Waals surface area contributed by atoms with Crippen molar-refractivity contribution >= 4 is 47.0 Å². The molecule has 1 saturated carbocycles. The van der Waals surface area contributed by atoms with Crippen LogP contribution in [0.1, 0.15) is 166 Å². The average Bonchev–Trinajstić information content (AvgIpc) is 4.09. The molecule has 4 aliphatic rings. The van der Waals surface area contributed by atoms with E-state index in [9.17, 15) is 38.4 Å². The number of amides is 6. The second-order valence-corrected chi connectivity index (χ2v) is 20.6. The minimum absolute atomic E-state index is 0.0436. The highest BCUT2D eigenvalue weighted by atomic mass is 16.5. The SMILES string of the molecule is CCC(C)(C)C(=O)C(=O)N1CCCCC1C(=O)C[C@H](CCc1ccc(C)c(C)c1)c1cccc(OCC(=O)NCCCCCCCCOc2cccc3c2C(=O)N(C2CC4(CC4)C(=O)NC2=O)C3=O)c1. The number of unbranched alkanes of at least 4 members (excludes halogenated alkanes) is 5. The van der Waals surface area contributed by atoms with Crippen LogP contribution in [0.2, 0.25) is 0 Å². The number of carbonyl (C=O) groups excluding carboxylic acids is 8. The number of benzene rings is 3. The Labute approximate surface area is 412 Å². The molecule has 2 unspecified atom stereocenters. The molecule has 0 radical (unpaired) electrons. The number of rotatable bonds is 24. The van der Waals surface area contributed by atoms with Crippen molar-refractivity contribution in [2.45, 2.75) is 155 Å². The zero-order valence-corrected chi connectivity index (χ0v) is 41.6. The summed E-state index contributed by atoms with van der Waals surface area (Å²) in [6, 6.07) is 17.2. The highest BCUT2D eigenvalue weighted by Crippen LogP contribution is 2.52. The summed E-state index contributed by atoms with van der Waals surface area (Å²) < 4.78 is 12.0. The summed E-state index contributed by atoms with van der Waals surface area (Å²) in [6.45, 7) is 10.7. The third-order valence-electron chi connectivity index (χ3n) is 15.2. The minimum Gasteiger partial charge on any atom is -0.493 e. The van der Waals surface area contributed by atoms with Gasteiger partial charge in [-0.05, 0) is 137 Å². The minimum atomic E-state index is -1.03. The Bertz CT molecular complexity index is 2490. The van der Waals surface area contributed by atoms with Crippen molar-refractivity contribution in [3.8, 4) is 11.5 Å². The van der Waals surface area contributed by atoms with Crippen LogP contribution in [0.5, 0.6) is 11.5 Å². The van der Waals surface area contributed by atoms with E-state index >= 15 is 0 Å². The standard InChI is InChI=1S/C56H70N4O10/c1-6-55(4,5)49(63)53(67)59-29-13-11-20-43(59)45(61)33-40(25-24-38-23-22-36(2)37(3)31-38)39-17-15-18-41(32-39)70-35-47(62)57-28-12-9-7-8-10-14-30-69-46-21-16-19-42-48(46)52(66)60(51(42)65)44-34-56(26-27-56)54(68)58-50(44)64/h15-19,21-23,31-32,40,43-44H,6-14,20,24-30,33-35H2,1-5H3,(H,57,62)(H,58,64,68)/t40-,43?,44?/m0/s1. The van der Waals surface area contributed by atoms with Crippen molar-refractivity contribution in [1.29, 1.82) is 0 Å². The van der Waals surface area contributed by atoms with Crippen LogP contribution in [0.3, 0.4) is 0 Å². The number of Topliss-reactive ketones (excluding diaryl/α,β-unsaturated/α-hetero) is 2. The number of nitrogens with one attached hydrogen (secondary N) is 2. The molecule has 3 aromatic carbocycles. The molecule has 14 nitrogen and oxygen atoms in total. The molecule has 374 valence electrons. The number of carbonyl (C=O) groups is 8. The zero-order valence-electron chi connectivity index (χ0n) is 41.6. The Morgan fingerprint density at radius 2 is 1.60 bits per heavy atom. The summed E-state index contributed by atoms with van der Waals surface area (Å²) in [6.07, 6.45) is 11.0. The van der Waals surface area contributed by atoms with Crippen LogP contribution in [0, 0.1) is 24.7 Å². The Kier molecular flexibility index (Phi) is 16.8. The fourth-order valence-electron chi connectivity index (χ4n) is 9.91. The quantitative estimate of drug-likeness (QED) is 0.0506. The van der Waals surface area contributed by atoms with Gasteiger partial charge in [0.2, 0.25) is 17.6 Å². The summed E-state index contributed by atoms with van der Waals surface area (Å²) in [5.41, 5.74) is 3.40. The molecule has 6 amide bonds. The lowest BCUT2D eigenvalue weighted by Gasteiger charge is -2.36. The van der Waals surface area contributed by atoms with Crippen molar-refractivity contribution < 1.29 is 47.8 Å². The Balaban J connectivity index is 0.835. The maximum atomic E-state index is 14.2. The average molecular weight is 959 g/mol. The van der Waals surface area contributed by atoms with E-state index < -0.39 is 52.3 Å². The summed E-state index contributed by atoms with van der Waals surface area (Å²) in [5, 5.41) is 5.31. The Hall–Kier alpha value is -6.18. The number of ketones is 2. The van der Waals surface area contributed by atoms with Crippen LogP contribution in [0.25, 0.3) is 0 Å². The number of imide groups is 2. The smallest absolute Gasteiger partial charge is 0.291 e. The van der Waals surface area contributed by atoms with E-state index in [2.05, 4.69) is 42.7 Å². The number of ether oxygens (including phenoxy) is 2. The first-order valence-electron chi connectivity index (χ1n) is 25.5. The van der Waals surface area contributed by atoms with Gasteiger partial charge in [-0.25, -0.2) is 0 Å². The predicted octanol–water partition coefficient (Wildman–Crippen LogP) is 8.07. The van der Waals surface area contributed by atoms with Gasteiger partial charge in [0.1, 0.15) is 17.5 Å². The van der Waals surface area contributed by atoms with E-state index in [-0.39, 0.29) is 54.1 Å². The molecule has 14 heteroatoms. The van der Waals surface area contributed by atoms with E-state index in [0.717, 1.165) is 68.3 Å². The van der Waals surface area contributed by atoms with E-state index in [4.69, 9.17) is 9.47 Å². The van der Waals surface area contributed by atoms with Crippen LogP contribution >= 0.6 is 0 Å². The topological polar surface area (TPSA) is 186 Å². The van der Waals surface area contributed by atoms with Crippen molar-refractivity contribution in [2.75, 3.05) is 26.3 Å². The van der Waals surface area contributed by atoms with Gasteiger partial charge in [0.05, 0.1) is 29.2 Å². The molecule has 1 spiro atoms. The van der Waals surface area contributed by atoms with Gasteiger partial charge in [-0.15, -0.1) is 0 Å². The number of aryl methyl sites for hydroxylation is 3. The van der Waals surface area contributed by atoms with E-state index in [1.807, 2.05) is 25.1 Å². The maximum Gasteiger partial charge on any atom is 0.291 e. The number of nitrogens with zero attached hydrogens (tertiary/aromatic N) is 2. The largest absolute Gasteiger partial charge is 0.493 e. The van der Waals surface area contributed by atoms with Gasteiger partial charge in [0, 0.05) is 24.9 Å². The molecule has 2 saturated heterocycles. The normalized spacial score (nSPS) is 18.9. The van der Waals surface area contributed by atoms with Gasteiger partial charge >= 0.3 is 0 Å². The second kappa shape index (κ2) is 22.7. The van der Waals surface area contributed by atoms with Crippen LogP contribution < -0.4 is 20.1 Å². The van der Waals surface area contributed by atoms with E-state index in [1.54, 1.807) is 38.1 Å². The third-order valence-corrected chi connectivity index (χ3v) is 15.2. The Morgan fingerprint density at radius 1 is 0.857 bits per heavy atom. The van der Waals surface area contributed by atoms with Crippen molar-refractivity contribution in [1.82, 2.24) is 20.4 Å². The molecule has 1 aliphatic carbocycles. The molecule has 0 aromatic heterocycles. The van der Waals surface area contributed by atoms with Gasteiger partial charge in [-0.3, -0.25) is 48.6 Å². The molecular weight excluding hydrogens is 889 g/mol. The molecule has 0 bridgehead atoms. The lowest BCUT2D eigenvalue weighted by atomic mass is 9.82. The first-order valence-corrected chi connectivity index (χ1v) is 25.5. The van der Waals surface area contributed by atoms with Gasteiger partial charge < -0.3 is 19.7 Å². The van der Waals surface area contributed by atoms with Gasteiger partial charge in [0.15, 0.2) is 12.4 Å². The first kappa shape index (κ1) is 51.7. The lowest BCUT2D eigenvalue weighted by Crippen LogP contribution is -2.58. The number of hydrogen-bond acceptors (Lipinski definition) is 10. The molecule has 2 N–H and O–H groups in total. The summed E-state index contributed by atoms with van der Waals surface area (Å²) in [5.74, 6) is -2.71. The molecule has 3 aromatic rings. The molecule has 3 atom stereocenters. The fraction of sp³-hybridized carbons (Fsp3) is 0.536. The first-order chi connectivity index (χ1) is 33.5.